The molecule has 4 aromatic rings. The van der Waals surface area contributed by atoms with E-state index in [4.69, 9.17) is 4.74 Å². The molecule has 0 fully saturated rings. The lowest BCUT2D eigenvalue weighted by molar-refractivity contribution is 0.0980. The molecule has 0 radical (unpaired) electrons. The summed E-state index contributed by atoms with van der Waals surface area (Å²) >= 11 is 1.48. The van der Waals surface area contributed by atoms with Crippen LogP contribution in [-0.4, -0.2) is 32.8 Å². The Balaban J connectivity index is 1.53. The number of Topliss-reactive ketones (excluding diaryl/α,β-unsaturated/α-hetero) is 1. The Morgan fingerprint density at radius 2 is 2.07 bits per heavy atom. The first kappa shape index (κ1) is 19.9. The van der Waals surface area contributed by atoms with Crippen LogP contribution in [0.25, 0.3) is 10.2 Å². The maximum atomic E-state index is 13.0. The SMILES string of the molecule is COc1ccc(CCC(=O)c2nc(N[C@@H](C)c3ccccn3)nc3ccsc23)cn1. The van der Waals surface area contributed by atoms with Gasteiger partial charge in [0.1, 0.15) is 5.69 Å². The fourth-order valence-electron chi connectivity index (χ4n) is 3.07. The number of nitrogens with zero attached hydrogens (tertiary/aromatic N) is 4. The van der Waals surface area contributed by atoms with Gasteiger partial charge in [0.05, 0.1) is 29.1 Å². The van der Waals surface area contributed by atoms with Gasteiger partial charge in [-0.3, -0.25) is 9.78 Å². The first-order valence-electron chi connectivity index (χ1n) is 9.59. The summed E-state index contributed by atoms with van der Waals surface area (Å²) in [5, 5.41) is 5.19. The van der Waals surface area contributed by atoms with Gasteiger partial charge in [-0.2, -0.15) is 0 Å². The lowest BCUT2D eigenvalue weighted by atomic mass is 10.1. The molecule has 0 spiro atoms. The zero-order chi connectivity index (χ0) is 20.9. The van der Waals surface area contributed by atoms with Gasteiger partial charge in [0.2, 0.25) is 11.8 Å². The van der Waals surface area contributed by atoms with Crippen molar-refractivity contribution in [2.24, 2.45) is 0 Å². The first-order valence-corrected chi connectivity index (χ1v) is 10.5. The Labute approximate surface area is 178 Å². The number of hydrogen-bond acceptors (Lipinski definition) is 8. The minimum atomic E-state index is -0.0874. The second-order valence-corrected chi connectivity index (χ2v) is 7.70. The molecule has 4 aromatic heterocycles. The Hall–Kier alpha value is -3.39. The van der Waals surface area contributed by atoms with Crippen LogP contribution < -0.4 is 10.1 Å². The van der Waals surface area contributed by atoms with Gasteiger partial charge < -0.3 is 10.1 Å². The maximum Gasteiger partial charge on any atom is 0.224 e. The van der Waals surface area contributed by atoms with Gasteiger partial charge in [0.25, 0.3) is 0 Å². The molecule has 8 heteroatoms. The van der Waals surface area contributed by atoms with E-state index in [1.807, 2.05) is 42.6 Å². The smallest absolute Gasteiger partial charge is 0.224 e. The predicted molar refractivity (Wildman–Crippen MR) is 117 cm³/mol. The molecule has 0 unspecified atom stereocenters. The second-order valence-electron chi connectivity index (χ2n) is 6.78. The van der Waals surface area contributed by atoms with Gasteiger partial charge in [-0.05, 0) is 42.5 Å². The zero-order valence-electron chi connectivity index (χ0n) is 16.7. The van der Waals surface area contributed by atoms with Crippen LogP contribution in [0, 0.1) is 0 Å². The van der Waals surface area contributed by atoms with E-state index in [-0.39, 0.29) is 11.8 Å². The minimum absolute atomic E-state index is 0.0193. The minimum Gasteiger partial charge on any atom is -0.481 e. The Morgan fingerprint density at radius 1 is 1.17 bits per heavy atom. The molecule has 0 aliphatic rings. The Morgan fingerprint density at radius 3 is 2.80 bits per heavy atom. The molecule has 30 heavy (non-hydrogen) atoms. The van der Waals surface area contributed by atoms with Gasteiger partial charge in [-0.15, -0.1) is 11.3 Å². The van der Waals surface area contributed by atoms with Crippen molar-refractivity contribution < 1.29 is 9.53 Å². The number of ether oxygens (including phenoxy) is 1. The molecule has 0 amide bonds. The largest absolute Gasteiger partial charge is 0.481 e. The number of nitrogens with one attached hydrogen (secondary N) is 1. The third kappa shape index (κ3) is 4.44. The molecule has 4 rings (SSSR count). The number of pyridine rings is 2. The number of hydrogen-bond donors (Lipinski definition) is 1. The summed E-state index contributed by atoms with van der Waals surface area (Å²) in [5.74, 6) is 0.960. The van der Waals surface area contributed by atoms with Crippen molar-refractivity contribution in [1.82, 2.24) is 19.9 Å². The van der Waals surface area contributed by atoms with E-state index in [0.29, 0.717) is 30.4 Å². The van der Waals surface area contributed by atoms with Gasteiger partial charge >= 0.3 is 0 Å². The summed E-state index contributed by atoms with van der Waals surface area (Å²) in [5.41, 5.74) is 3.07. The standard InChI is InChI=1S/C22H21N5O2S/c1-14(16-5-3-4-11-23-16)25-22-26-17-10-12-30-21(17)20(27-22)18(28)8-6-15-7-9-19(29-2)24-13-15/h3-5,7,9-14H,6,8H2,1-2H3,(H,25,26,27)/t14-/m0/s1. The molecule has 0 aliphatic carbocycles. The van der Waals surface area contributed by atoms with Crippen LogP contribution in [0.3, 0.4) is 0 Å². The van der Waals surface area contributed by atoms with E-state index in [2.05, 4.69) is 25.3 Å². The number of carbonyl (C=O) groups excluding carboxylic acids is 1. The van der Waals surface area contributed by atoms with Crippen molar-refractivity contribution in [2.45, 2.75) is 25.8 Å². The molecular weight excluding hydrogens is 398 g/mol. The average molecular weight is 420 g/mol. The summed E-state index contributed by atoms with van der Waals surface area (Å²) in [7, 11) is 1.58. The molecule has 1 atom stereocenters. The first-order chi connectivity index (χ1) is 14.6. The van der Waals surface area contributed by atoms with Gasteiger partial charge in [0.15, 0.2) is 5.78 Å². The van der Waals surface area contributed by atoms with E-state index in [1.165, 1.54) is 11.3 Å². The number of anilines is 1. The predicted octanol–water partition coefficient (Wildman–Crippen LogP) is 4.48. The van der Waals surface area contributed by atoms with Crippen molar-refractivity contribution in [2.75, 3.05) is 12.4 Å². The molecule has 0 bridgehead atoms. The molecule has 152 valence electrons. The lowest BCUT2D eigenvalue weighted by Gasteiger charge is -2.14. The van der Waals surface area contributed by atoms with Crippen LogP contribution in [0.2, 0.25) is 0 Å². The molecule has 1 N–H and O–H groups in total. The van der Waals surface area contributed by atoms with E-state index in [9.17, 15) is 4.79 Å². The number of carbonyl (C=O) groups is 1. The van der Waals surface area contributed by atoms with Gasteiger partial charge in [-0.1, -0.05) is 12.1 Å². The van der Waals surface area contributed by atoms with Crippen LogP contribution in [-0.2, 0) is 6.42 Å². The number of rotatable bonds is 8. The van der Waals surface area contributed by atoms with Crippen molar-refractivity contribution in [3.8, 4) is 5.88 Å². The topological polar surface area (TPSA) is 89.9 Å². The van der Waals surface area contributed by atoms with Crippen LogP contribution >= 0.6 is 11.3 Å². The number of fused-ring (bicyclic) bond motifs is 1. The second kappa shape index (κ2) is 8.96. The molecule has 0 saturated carbocycles. The van der Waals surface area contributed by atoms with Crippen LogP contribution in [0.1, 0.15) is 41.1 Å². The third-order valence-corrected chi connectivity index (χ3v) is 5.60. The fraction of sp³-hybridized carbons (Fsp3) is 0.227. The highest BCUT2D eigenvalue weighted by molar-refractivity contribution is 7.17. The molecule has 4 heterocycles. The fourth-order valence-corrected chi connectivity index (χ4v) is 3.91. The normalized spacial score (nSPS) is 11.9. The number of ketones is 1. The molecule has 0 aliphatic heterocycles. The van der Waals surface area contributed by atoms with E-state index in [0.717, 1.165) is 21.5 Å². The highest BCUT2D eigenvalue weighted by Crippen LogP contribution is 2.26. The molecular formula is C22H21N5O2S. The monoisotopic (exact) mass is 419 g/mol. The van der Waals surface area contributed by atoms with E-state index >= 15 is 0 Å². The number of thiophene rings is 1. The lowest BCUT2D eigenvalue weighted by Crippen LogP contribution is -2.13. The zero-order valence-corrected chi connectivity index (χ0v) is 17.5. The average Bonchev–Trinajstić information content (AvgIpc) is 3.26. The number of aryl methyl sites for hydroxylation is 1. The number of methoxy groups -OCH3 is 1. The third-order valence-electron chi connectivity index (χ3n) is 4.69. The van der Waals surface area contributed by atoms with Crippen molar-refractivity contribution in [3.63, 3.8) is 0 Å². The quantitative estimate of drug-likeness (QED) is 0.421. The maximum absolute atomic E-state index is 13.0. The van der Waals surface area contributed by atoms with E-state index < -0.39 is 0 Å². The van der Waals surface area contributed by atoms with Crippen molar-refractivity contribution in [3.05, 3.63) is 71.1 Å². The van der Waals surface area contributed by atoms with Crippen molar-refractivity contribution in [1.29, 1.82) is 0 Å². The Kier molecular flexibility index (Phi) is 5.94. The van der Waals surface area contributed by atoms with E-state index in [1.54, 1.807) is 25.6 Å². The molecule has 0 saturated heterocycles. The highest BCUT2D eigenvalue weighted by atomic mass is 32.1. The summed E-state index contributed by atoms with van der Waals surface area (Å²) in [6, 6.07) is 11.3. The summed E-state index contributed by atoms with van der Waals surface area (Å²) in [6.45, 7) is 1.99. The molecule has 7 nitrogen and oxygen atoms in total. The summed E-state index contributed by atoms with van der Waals surface area (Å²) < 4.78 is 5.88. The van der Waals surface area contributed by atoms with Crippen molar-refractivity contribution >= 4 is 33.3 Å². The number of aromatic nitrogens is 4. The molecule has 0 aromatic carbocycles. The van der Waals surface area contributed by atoms with Crippen LogP contribution in [0.4, 0.5) is 5.95 Å². The van der Waals surface area contributed by atoms with Gasteiger partial charge in [0, 0.05) is 24.9 Å². The highest BCUT2D eigenvalue weighted by Gasteiger charge is 2.18. The van der Waals surface area contributed by atoms with Crippen LogP contribution in [0.5, 0.6) is 5.88 Å². The Bertz CT molecular complexity index is 1150. The summed E-state index contributed by atoms with van der Waals surface area (Å²) in [4.78, 5) is 30.7. The van der Waals surface area contributed by atoms with Crippen LogP contribution in [0.15, 0.2) is 54.2 Å². The van der Waals surface area contributed by atoms with Gasteiger partial charge in [-0.25, -0.2) is 15.0 Å². The summed E-state index contributed by atoms with van der Waals surface area (Å²) in [6.07, 6.45) is 4.40.